The number of nitrogens with zero attached hydrogens (tertiary/aromatic N) is 2. The maximum absolute atomic E-state index is 12.7. The molecule has 3 saturated heterocycles. The molecule has 6 nitrogen and oxygen atoms in total. The van der Waals surface area contributed by atoms with Gasteiger partial charge in [0.1, 0.15) is 11.4 Å². The molecule has 0 unspecified atom stereocenters. The average molecular weight is 405 g/mol. The molecule has 1 N–H and O–H groups in total. The highest BCUT2D eigenvalue weighted by molar-refractivity contribution is 5.68. The van der Waals surface area contributed by atoms with Gasteiger partial charge >= 0.3 is 6.09 Å². The first kappa shape index (κ1) is 16.9. The first-order valence-electron chi connectivity index (χ1n) is 12.2. The van der Waals surface area contributed by atoms with Crippen LogP contribution in [0.4, 0.5) is 4.79 Å². The van der Waals surface area contributed by atoms with Crippen LogP contribution in [0.2, 0.25) is 0 Å². The highest BCUT2D eigenvalue weighted by Gasteiger charge is 2.48. The quantitative estimate of drug-likeness (QED) is 0.836. The van der Waals surface area contributed by atoms with E-state index in [0.29, 0.717) is 37.0 Å². The number of likely N-dealkylation sites (tertiary alicyclic amines) is 1. The van der Waals surface area contributed by atoms with Crippen molar-refractivity contribution >= 4 is 6.09 Å². The zero-order valence-corrected chi connectivity index (χ0v) is 17.9. The van der Waals surface area contributed by atoms with Gasteiger partial charge < -0.3 is 19.7 Å². The predicted molar refractivity (Wildman–Crippen MR) is 113 cm³/mol. The van der Waals surface area contributed by atoms with Gasteiger partial charge in [-0.15, -0.1) is 0 Å². The van der Waals surface area contributed by atoms with E-state index in [9.17, 15) is 4.79 Å². The minimum absolute atomic E-state index is 0.103. The van der Waals surface area contributed by atoms with Crippen molar-refractivity contribution in [2.45, 2.75) is 76.7 Å². The molecule has 0 spiro atoms. The molecule has 1 amide bonds. The number of nitrogens with one attached hydrogen (secondary N) is 1. The summed E-state index contributed by atoms with van der Waals surface area (Å²) in [5.74, 6) is 0.410. The topological polar surface area (TPSA) is 54.0 Å². The maximum atomic E-state index is 12.7. The van der Waals surface area contributed by atoms with Crippen molar-refractivity contribution in [3.8, 4) is 5.75 Å². The lowest BCUT2D eigenvalue weighted by atomic mass is 9.93. The smallest absolute Gasteiger partial charge is 0.410 e. The van der Waals surface area contributed by atoms with Gasteiger partial charge in [0, 0.05) is 37.3 Å². The van der Waals surface area contributed by atoms with Gasteiger partial charge in [-0.3, -0.25) is 4.90 Å². The van der Waals surface area contributed by atoms with Crippen LogP contribution in [0.1, 0.15) is 61.3 Å². The van der Waals surface area contributed by atoms with Gasteiger partial charge in [-0.25, -0.2) is 4.79 Å². The summed E-state index contributed by atoms with van der Waals surface area (Å²) < 4.78 is 33.2. The Labute approximate surface area is 178 Å². The number of rotatable bonds is 3. The Morgan fingerprint density at radius 3 is 2.59 bits per heavy atom. The lowest BCUT2D eigenvalue weighted by molar-refractivity contribution is -0.00977. The Kier molecular flexibility index (Phi) is 4.56. The summed E-state index contributed by atoms with van der Waals surface area (Å²) in [5, 5.41) is 3.64. The summed E-state index contributed by atoms with van der Waals surface area (Å²) in [6.07, 6.45) is 2.96. The zero-order chi connectivity index (χ0) is 23.3. The third kappa shape index (κ3) is 3.97. The normalized spacial score (nSPS) is 31.9. The number of hydrogen-bond acceptors (Lipinski definition) is 5. The molecule has 0 radical (unpaired) electrons. The second-order valence-electron chi connectivity index (χ2n) is 9.58. The summed E-state index contributed by atoms with van der Waals surface area (Å²) in [4.78, 5) is 17.1. The predicted octanol–water partition coefficient (Wildman–Crippen LogP) is 3.49. The number of ether oxygens (including phenoxy) is 2. The van der Waals surface area contributed by atoms with Crippen molar-refractivity contribution in [1.82, 2.24) is 15.1 Å². The minimum atomic E-state index is -2.47. The molecule has 29 heavy (non-hydrogen) atoms. The van der Waals surface area contributed by atoms with Crippen molar-refractivity contribution in [3.63, 3.8) is 0 Å². The Balaban J connectivity index is 1.52. The van der Waals surface area contributed by atoms with Gasteiger partial charge in [0.2, 0.25) is 0 Å². The van der Waals surface area contributed by atoms with E-state index < -0.39 is 12.6 Å². The van der Waals surface area contributed by atoms with Gasteiger partial charge in [0.15, 0.2) is 0 Å². The van der Waals surface area contributed by atoms with Crippen molar-refractivity contribution in [2.24, 2.45) is 0 Å². The number of carbonyl (C=O) groups is 1. The SMILES string of the molecule is [2H]C([2H])([2H])Oc1cccc([C@H]2NCC[C@H]2N2[C@@H]3CC[C@H]2CN(C(=O)OC(C)(C)C)C3)c1C. The molecule has 2 bridgehead atoms. The summed E-state index contributed by atoms with van der Waals surface area (Å²) in [6, 6.07) is 6.69. The molecule has 6 heteroatoms. The summed E-state index contributed by atoms with van der Waals surface area (Å²) in [7, 11) is -2.47. The van der Waals surface area contributed by atoms with Crippen LogP contribution in [0.15, 0.2) is 18.2 Å². The van der Waals surface area contributed by atoms with Crippen LogP contribution < -0.4 is 10.1 Å². The standard InChI is InChI=1S/C23H35N3O3/c1-15-18(7-6-8-20(15)28-5)21-19(11-12-24-21)26-16-9-10-17(26)14-25(13-16)22(27)29-23(2,3)4/h6-8,16-17,19,21,24H,9-14H2,1-5H3/t16-,17+,19-,21-/m1/s1/i5D3. The van der Waals surface area contributed by atoms with Gasteiger partial charge in [0.05, 0.1) is 11.2 Å². The monoisotopic (exact) mass is 404 g/mol. The average Bonchev–Trinajstić information content (AvgIpc) is 3.22. The Morgan fingerprint density at radius 2 is 1.93 bits per heavy atom. The molecule has 0 aromatic heterocycles. The first-order valence-corrected chi connectivity index (χ1v) is 10.7. The Bertz CT molecular complexity index is 841. The summed E-state index contributed by atoms with van der Waals surface area (Å²) in [5.41, 5.74) is 1.46. The Hall–Kier alpha value is -1.79. The second-order valence-corrected chi connectivity index (χ2v) is 9.58. The third-order valence-electron chi connectivity index (χ3n) is 6.53. The molecule has 4 rings (SSSR count). The first-order chi connectivity index (χ1) is 14.9. The highest BCUT2D eigenvalue weighted by Crippen LogP contribution is 2.40. The van der Waals surface area contributed by atoms with Crippen molar-refractivity contribution in [1.29, 1.82) is 0 Å². The molecule has 1 aromatic carbocycles. The lowest BCUT2D eigenvalue weighted by Gasteiger charge is -2.45. The van der Waals surface area contributed by atoms with E-state index >= 15 is 0 Å². The lowest BCUT2D eigenvalue weighted by Crippen LogP contribution is -2.59. The number of benzene rings is 1. The van der Waals surface area contributed by atoms with E-state index in [0.717, 1.165) is 36.9 Å². The van der Waals surface area contributed by atoms with E-state index in [1.165, 1.54) is 0 Å². The number of methoxy groups -OCH3 is 1. The van der Waals surface area contributed by atoms with Crippen LogP contribution in [-0.2, 0) is 4.74 Å². The van der Waals surface area contributed by atoms with E-state index in [-0.39, 0.29) is 12.1 Å². The van der Waals surface area contributed by atoms with Crippen LogP contribution in [-0.4, -0.2) is 66.3 Å². The maximum Gasteiger partial charge on any atom is 0.410 e. The molecule has 0 saturated carbocycles. The molecule has 0 aliphatic carbocycles. The number of hydrogen-bond donors (Lipinski definition) is 1. The summed E-state index contributed by atoms with van der Waals surface area (Å²) in [6.45, 7) is 9.92. The van der Waals surface area contributed by atoms with Crippen molar-refractivity contribution in [3.05, 3.63) is 29.3 Å². The molecular weight excluding hydrogens is 366 g/mol. The third-order valence-corrected chi connectivity index (χ3v) is 6.53. The molecule has 3 heterocycles. The zero-order valence-electron chi connectivity index (χ0n) is 20.9. The number of piperazine rings is 1. The molecule has 160 valence electrons. The number of amides is 1. The second kappa shape index (κ2) is 7.80. The van der Waals surface area contributed by atoms with E-state index in [1.54, 1.807) is 6.07 Å². The fraction of sp³-hybridized carbons (Fsp3) is 0.696. The van der Waals surface area contributed by atoms with Gasteiger partial charge in [-0.2, -0.15) is 0 Å². The largest absolute Gasteiger partial charge is 0.496 e. The summed E-state index contributed by atoms with van der Waals surface area (Å²) >= 11 is 0. The van der Waals surface area contributed by atoms with E-state index in [1.807, 2.05) is 38.7 Å². The Morgan fingerprint density at radius 1 is 1.21 bits per heavy atom. The number of fused-ring (bicyclic) bond motifs is 2. The van der Waals surface area contributed by atoms with Gasteiger partial charge in [-0.05, 0) is 70.7 Å². The van der Waals surface area contributed by atoms with Crippen molar-refractivity contribution < 1.29 is 18.4 Å². The van der Waals surface area contributed by atoms with Gasteiger partial charge in [-0.1, -0.05) is 12.1 Å². The van der Waals surface area contributed by atoms with Crippen LogP contribution in [0.25, 0.3) is 0 Å². The molecule has 1 aromatic rings. The van der Waals surface area contributed by atoms with E-state index in [4.69, 9.17) is 13.6 Å². The van der Waals surface area contributed by atoms with E-state index in [2.05, 4.69) is 16.3 Å². The molecule has 3 aliphatic heterocycles. The van der Waals surface area contributed by atoms with Crippen molar-refractivity contribution in [2.75, 3.05) is 26.7 Å². The van der Waals surface area contributed by atoms with Gasteiger partial charge in [0.25, 0.3) is 0 Å². The van der Waals surface area contributed by atoms with Crippen LogP contribution in [0.3, 0.4) is 0 Å². The molecule has 4 atom stereocenters. The molecule has 3 aliphatic rings. The fourth-order valence-electron chi connectivity index (χ4n) is 5.36. The molecular formula is C23H35N3O3. The fourth-order valence-corrected chi connectivity index (χ4v) is 5.36. The van der Waals surface area contributed by atoms with Crippen LogP contribution >= 0.6 is 0 Å². The van der Waals surface area contributed by atoms with Crippen LogP contribution in [0, 0.1) is 6.92 Å². The van der Waals surface area contributed by atoms with Crippen LogP contribution in [0.5, 0.6) is 5.75 Å². The minimum Gasteiger partial charge on any atom is -0.496 e. The highest BCUT2D eigenvalue weighted by atomic mass is 16.6. The molecule has 3 fully saturated rings. The number of carbonyl (C=O) groups excluding carboxylic acids is 1.